The van der Waals surface area contributed by atoms with Gasteiger partial charge in [0.2, 0.25) is 0 Å². The van der Waals surface area contributed by atoms with E-state index in [1.165, 1.54) is 13.0 Å². The van der Waals surface area contributed by atoms with Gasteiger partial charge in [0.05, 0.1) is 18.4 Å². The number of amides is 1. The van der Waals surface area contributed by atoms with Crippen molar-refractivity contribution in [1.82, 2.24) is 10.5 Å². The first kappa shape index (κ1) is 21.4. The summed E-state index contributed by atoms with van der Waals surface area (Å²) in [6, 6.07) is 14.0. The van der Waals surface area contributed by atoms with Crippen LogP contribution in [0.2, 0.25) is 0 Å². The number of carbonyl (C=O) groups is 1. The largest absolute Gasteiger partial charge is 0.497 e. The van der Waals surface area contributed by atoms with E-state index in [9.17, 15) is 13.2 Å². The van der Waals surface area contributed by atoms with Gasteiger partial charge in [-0.1, -0.05) is 29.4 Å². The molecule has 2 aromatic carbocycles. The highest BCUT2D eigenvalue weighted by Gasteiger charge is 2.25. The van der Waals surface area contributed by atoms with Crippen molar-refractivity contribution in [1.29, 1.82) is 0 Å². The van der Waals surface area contributed by atoms with Crippen LogP contribution in [-0.4, -0.2) is 33.1 Å². The third kappa shape index (κ3) is 4.80. The van der Waals surface area contributed by atoms with Crippen LogP contribution in [0.4, 0.5) is 5.69 Å². The highest BCUT2D eigenvalue weighted by molar-refractivity contribution is 7.92. The van der Waals surface area contributed by atoms with Crippen molar-refractivity contribution < 1.29 is 22.5 Å². The molecule has 2 N–H and O–H groups in total. The Labute approximate surface area is 175 Å². The fraction of sp³-hybridized carbons (Fsp3) is 0.238. The Hall–Kier alpha value is -3.33. The first-order valence-corrected chi connectivity index (χ1v) is 10.8. The molecule has 0 radical (unpaired) electrons. The van der Waals surface area contributed by atoms with E-state index >= 15 is 0 Å². The van der Waals surface area contributed by atoms with Crippen LogP contribution in [0.5, 0.6) is 5.75 Å². The van der Waals surface area contributed by atoms with Gasteiger partial charge in [-0.3, -0.25) is 9.52 Å². The van der Waals surface area contributed by atoms with E-state index in [2.05, 4.69) is 15.2 Å². The summed E-state index contributed by atoms with van der Waals surface area (Å²) in [6.07, 6.45) is 0.628. The van der Waals surface area contributed by atoms with E-state index in [-0.39, 0.29) is 33.5 Å². The molecule has 0 fully saturated rings. The number of aromatic nitrogens is 1. The highest BCUT2D eigenvalue weighted by Crippen LogP contribution is 2.24. The number of nitrogens with zero attached hydrogens (tertiary/aromatic N) is 1. The standard InChI is InChI=1S/C21H23N3O5S/c1-14-20(15(2)29-23-14)30(26,27)24-19-7-5-4-6-18(19)21(25)22-13-12-16-8-10-17(28-3)11-9-16/h4-11,24H,12-13H2,1-3H3,(H,22,25). The number of aryl methyl sites for hydroxylation is 2. The van der Waals surface area contributed by atoms with Crippen molar-refractivity contribution in [3.05, 3.63) is 71.1 Å². The van der Waals surface area contributed by atoms with Gasteiger partial charge in [-0.05, 0) is 50.1 Å². The highest BCUT2D eigenvalue weighted by atomic mass is 32.2. The summed E-state index contributed by atoms with van der Waals surface area (Å²) in [7, 11) is -2.35. The molecule has 0 spiro atoms. The lowest BCUT2D eigenvalue weighted by Crippen LogP contribution is -2.27. The zero-order valence-corrected chi connectivity index (χ0v) is 17.7. The van der Waals surface area contributed by atoms with Gasteiger partial charge in [0, 0.05) is 6.54 Å². The first-order valence-electron chi connectivity index (χ1n) is 9.27. The second-order valence-electron chi connectivity index (χ2n) is 6.66. The van der Waals surface area contributed by atoms with Crippen LogP contribution in [-0.2, 0) is 16.4 Å². The lowest BCUT2D eigenvalue weighted by Gasteiger charge is -2.13. The van der Waals surface area contributed by atoms with Gasteiger partial charge >= 0.3 is 0 Å². The molecule has 158 valence electrons. The lowest BCUT2D eigenvalue weighted by atomic mass is 10.1. The molecule has 30 heavy (non-hydrogen) atoms. The van der Waals surface area contributed by atoms with Crippen molar-refractivity contribution in [3.8, 4) is 5.75 Å². The molecule has 1 aromatic heterocycles. The number of methoxy groups -OCH3 is 1. The predicted octanol–water partition coefficient (Wildman–Crippen LogP) is 3.07. The van der Waals surface area contributed by atoms with E-state index in [1.807, 2.05) is 24.3 Å². The Morgan fingerprint density at radius 3 is 2.43 bits per heavy atom. The molecule has 0 saturated carbocycles. The third-order valence-electron chi connectivity index (χ3n) is 4.51. The molecular formula is C21H23N3O5S. The molecule has 0 bridgehead atoms. The van der Waals surface area contributed by atoms with Crippen LogP contribution in [0.15, 0.2) is 57.9 Å². The van der Waals surface area contributed by atoms with Crippen molar-refractivity contribution in [2.45, 2.75) is 25.2 Å². The van der Waals surface area contributed by atoms with Crippen molar-refractivity contribution in [2.75, 3.05) is 18.4 Å². The van der Waals surface area contributed by atoms with Gasteiger partial charge < -0.3 is 14.6 Å². The Bertz CT molecular complexity index is 1120. The minimum atomic E-state index is -3.96. The van der Waals surface area contributed by atoms with Gasteiger partial charge in [0.25, 0.3) is 15.9 Å². The number of hydrogen-bond acceptors (Lipinski definition) is 6. The fourth-order valence-corrected chi connectivity index (χ4v) is 4.44. The van der Waals surface area contributed by atoms with Crippen LogP contribution in [0.25, 0.3) is 0 Å². The number of sulfonamides is 1. The molecule has 3 aromatic rings. The fourth-order valence-electron chi connectivity index (χ4n) is 3.03. The van der Waals surface area contributed by atoms with Gasteiger partial charge in [0.15, 0.2) is 10.7 Å². The number of para-hydroxylation sites is 1. The van der Waals surface area contributed by atoms with Crippen LogP contribution in [0.1, 0.15) is 27.4 Å². The summed E-state index contributed by atoms with van der Waals surface area (Å²) < 4.78 is 38.1. The molecular weight excluding hydrogens is 406 g/mol. The molecule has 0 aliphatic rings. The van der Waals surface area contributed by atoms with Gasteiger partial charge in [-0.15, -0.1) is 0 Å². The molecule has 1 heterocycles. The van der Waals surface area contributed by atoms with E-state index in [4.69, 9.17) is 9.26 Å². The maximum atomic E-state index is 12.8. The SMILES string of the molecule is COc1ccc(CCNC(=O)c2ccccc2NS(=O)(=O)c2c(C)noc2C)cc1. The van der Waals surface area contributed by atoms with E-state index in [0.717, 1.165) is 11.3 Å². The summed E-state index contributed by atoms with van der Waals surface area (Å²) in [5.41, 5.74) is 1.70. The smallest absolute Gasteiger partial charge is 0.267 e. The maximum Gasteiger partial charge on any atom is 0.267 e. The minimum Gasteiger partial charge on any atom is -0.497 e. The van der Waals surface area contributed by atoms with Gasteiger partial charge in [0.1, 0.15) is 11.4 Å². The Balaban J connectivity index is 1.70. The Kier molecular flexibility index (Phi) is 6.41. The quantitative estimate of drug-likeness (QED) is 0.569. The second-order valence-corrected chi connectivity index (χ2v) is 8.28. The average Bonchev–Trinajstić information content (AvgIpc) is 3.07. The lowest BCUT2D eigenvalue weighted by molar-refractivity contribution is 0.0955. The van der Waals surface area contributed by atoms with Crippen molar-refractivity contribution in [2.24, 2.45) is 0 Å². The number of nitrogens with one attached hydrogen (secondary N) is 2. The first-order chi connectivity index (χ1) is 14.3. The summed E-state index contributed by atoms with van der Waals surface area (Å²) in [4.78, 5) is 12.6. The third-order valence-corrected chi connectivity index (χ3v) is 6.12. The van der Waals surface area contributed by atoms with E-state index in [0.29, 0.717) is 13.0 Å². The van der Waals surface area contributed by atoms with Crippen LogP contribution in [0.3, 0.4) is 0 Å². The molecule has 9 heteroatoms. The Morgan fingerprint density at radius 2 is 1.80 bits per heavy atom. The predicted molar refractivity (Wildman–Crippen MR) is 112 cm³/mol. The van der Waals surface area contributed by atoms with Crippen LogP contribution in [0, 0.1) is 13.8 Å². The van der Waals surface area contributed by atoms with E-state index in [1.54, 1.807) is 32.2 Å². The minimum absolute atomic E-state index is 0.0304. The number of hydrogen-bond donors (Lipinski definition) is 2. The Morgan fingerprint density at radius 1 is 1.10 bits per heavy atom. The van der Waals surface area contributed by atoms with Gasteiger partial charge in [-0.25, -0.2) is 8.42 Å². The number of carbonyl (C=O) groups excluding carboxylic acids is 1. The maximum absolute atomic E-state index is 12.8. The number of benzene rings is 2. The molecule has 3 rings (SSSR count). The number of anilines is 1. The molecule has 1 amide bonds. The molecule has 0 saturated heterocycles. The summed E-state index contributed by atoms with van der Waals surface area (Å²) in [6.45, 7) is 3.46. The summed E-state index contributed by atoms with van der Waals surface area (Å²) in [5.74, 6) is 0.573. The van der Waals surface area contributed by atoms with E-state index < -0.39 is 10.0 Å². The molecule has 0 aliphatic heterocycles. The van der Waals surface area contributed by atoms with Crippen LogP contribution >= 0.6 is 0 Å². The zero-order chi connectivity index (χ0) is 21.7. The molecule has 0 aliphatic carbocycles. The van der Waals surface area contributed by atoms with Crippen molar-refractivity contribution in [3.63, 3.8) is 0 Å². The average molecular weight is 429 g/mol. The van der Waals surface area contributed by atoms with Gasteiger partial charge in [-0.2, -0.15) is 0 Å². The van der Waals surface area contributed by atoms with Crippen molar-refractivity contribution >= 4 is 21.6 Å². The monoisotopic (exact) mass is 429 g/mol. The molecule has 0 unspecified atom stereocenters. The van der Waals surface area contributed by atoms with Crippen LogP contribution < -0.4 is 14.8 Å². The normalized spacial score (nSPS) is 11.2. The second kappa shape index (κ2) is 9.00. The summed E-state index contributed by atoms with van der Waals surface area (Å²) >= 11 is 0. The summed E-state index contributed by atoms with van der Waals surface area (Å²) in [5, 5.41) is 6.50. The molecule has 8 nitrogen and oxygen atoms in total. The molecule has 0 atom stereocenters. The number of rotatable bonds is 8. The topological polar surface area (TPSA) is 111 Å². The zero-order valence-electron chi connectivity index (χ0n) is 16.9. The number of ether oxygens (including phenoxy) is 1.